The molecular formula is C13H18N4O2. The van der Waals surface area contributed by atoms with E-state index in [9.17, 15) is 4.79 Å². The molecule has 0 unspecified atom stereocenters. The van der Waals surface area contributed by atoms with Gasteiger partial charge in [0.1, 0.15) is 0 Å². The molecule has 2 aromatic rings. The number of nitrogens with one attached hydrogen (secondary N) is 3. The highest BCUT2D eigenvalue weighted by atomic mass is 16.5. The molecule has 0 radical (unpaired) electrons. The average molecular weight is 262 g/mol. The zero-order valence-electron chi connectivity index (χ0n) is 10.7. The van der Waals surface area contributed by atoms with Crippen LogP contribution < -0.4 is 16.7 Å². The molecule has 0 saturated carbocycles. The van der Waals surface area contributed by atoms with Crippen LogP contribution in [0.2, 0.25) is 0 Å². The summed E-state index contributed by atoms with van der Waals surface area (Å²) in [6.45, 7) is 3.72. The minimum absolute atomic E-state index is 0.104. The lowest BCUT2D eigenvalue weighted by atomic mass is 9.86. The van der Waals surface area contributed by atoms with Gasteiger partial charge in [-0.2, -0.15) is 0 Å². The van der Waals surface area contributed by atoms with Gasteiger partial charge in [0.05, 0.1) is 24.2 Å². The van der Waals surface area contributed by atoms with Gasteiger partial charge < -0.3 is 25.8 Å². The number of aromatic amines is 2. The third-order valence-corrected chi connectivity index (χ3v) is 3.66. The average Bonchev–Trinajstić information content (AvgIpc) is 2.72. The molecule has 3 rings (SSSR count). The molecule has 102 valence electrons. The van der Waals surface area contributed by atoms with Crippen LogP contribution in [-0.4, -0.2) is 36.3 Å². The standard InChI is InChI=1S/C13H18N4O2/c14-5-13(7-19-8-13)6-15-4-9-1-2-10-11(3-9)17-12(18)16-10/h1-3,15H,4-8,14H2,(H2,16,17,18). The van der Waals surface area contributed by atoms with Crippen molar-refractivity contribution in [1.29, 1.82) is 0 Å². The molecule has 1 aromatic heterocycles. The molecule has 5 N–H and O–H groups in total. The fraction of sp³-hybridized carbons (Fsp3) is 0.462. The van der Waals surface area contributed by atoms with Gasteiger partial charge in [0.25, 0.3) is 0 Å². The number of aromatic nitrogens is 2. The number of H-pyrrole nitrogens is 2. The van der Waals surface area contributed by atoms with Crippen LogP contribution in [-0.2, 0) is 11.3 Å². The van der Waals surface area contributed by atoms with Crippen molar-refractivity contribution in [3.05, 3.63) is 34.2 Å². The lowest BCUT2D eigenvalue weighted by Gasteiger charge is -2.40. The molecule has 1 saturated heterocycles. The lowest BCUT2D eigenvalue weighted by Crippen LogP contribution is -2.54. The van der Waals surface area contributed by atoms with Gasteiger partial charge in [0.2, 0.25) is 0 Å². The Balaban J connectivity index is 1.63. The van der Waals surface area contributed by atoms with Crippen LogP contribution in [0.15, 0.2) is 23.0 Å². The number of ether oxygens (including phenoxy) is 1. The van der Waals surface area contributed by atoms with Gasteiger partial charge in [0, 0.05) is 25.0 Å². The fourth-order valence-electron chi connectivity index (χ4n) is 2.34. The maximum atomic E-state index is 11.2. The Kier molecular flexibility index (Phi) is 3.14. The van der Waals surface area contributed by atoms with Crippen LogP contribution in [0.1, 0.15) is 5.56 Å². The minimum atomic E-state index is -0.172. The van der Waals surface area contributed by atoms with Crippen molar-refractivity contribution in [1.82, 2.24) is 15.3 Å². The van der Waals surface area contributed by atoms with Gasteiger partial charge in [-0.15, -0.1) is 0 Å². The van der Waals surface area contributed by atoms with Crippen molar-refractivity contribution in [2.75, 3.05) is 26.3 Å². The molecule has 1 aliphatic rings. The van der Waals surface area contributed by atoms with E-state index in [1.165, 1.54) is 0 Å². The summed E-state index contributed by atoms with van der Waals surface area (Å²) in [7, 11) is 0. The summed E-state index contributed by atoms with van der Waals surface area (Å²) >= 11 is 0. The topological polar surface area (TPSA) is 95.9 Å². The number of rotatable bonds is 5. The maximum absolute atomic E-state index is 11.2. The summed E-state index contributed by atoms with van der Waals surface area (Å²) in [5.74, 6) is 0. The van der Waals surface area contributed by atoms with Crippen LogP contribution in [0.3, 0.4) is 0 Å². The number of hydrogen-bond acceptors (Lipinski definition) is 4. The van der Waals surface area contributed by atoms with Gasteiger partial charge >= 0.3 is 5.69 Å². The second-order valence-corrected chi connectivity index (χ2v) is 5.26. The molecular weight excluding hydrogens is 244 g/mol. The highest BCUT2D eigenvalue weighted by molar-refractivity contribution is 5.74. The first-order chi connectivity index (χ1) is 9.21. The van der Waals surface area contributed by atoms with Crippen molar-refractivity contribution in [3.8, 4) is 0 Å². The normalized spacial score (nSPS) is 17.5. The van der Waals surface area contributed by atoms with Crippen LogP contribution in [0, 0.1) is 5.41 Å². The Labute approximate surface area is 110 Å². The first-order valence-corrected chi connectivity index (χ1v) is 6.40. The van der Waals surface area contributed by atoms with Crippen molar-refractivity contribution >= 4 is 11.0 Å². The van der Waals surface area contributed by atoms with Gasteiger partial charge in [0.15, 0.2) is 0 Å². The summed E-state index contributed by atoms with van der Waals surface area (Å²) in [5.41, 5.74) is 8.50. The molecule has 1 aromatic carbocycles. The quantitative estimate of drug-likeness (QED) is 0.606. The van der Waals surface area contributed by atoms with E-state index >= 15 is 0 Å². The van der Waals surface area contributed by atoms with E-state index in [-0.39, 0.29) is 11.1 Å². The third-order valence-electron chi connectivity index (χ3n) is 3.66. The Morgan fingerprint density at radius 2 is 2.11 bits per heavy atom. The molecule has 0 bridgehead atoms. The summed E-state index contributed by atoms with van der Waals surface area (Å²) < 4.78 is 5.23. The first kappa shape index (κ1) is 12.4. The molecule has 19 heavy (non-hydrogen) atoms. The second kappa shape index (κ2) is 4.80. The second-order valence-electron chi connectivity index (χ2n) is 5.26. The van der Waals surface area contributed by atoms with E-state index in [0.29, 0.717) is 6.54 Å². The van der Waals surface area contributed by atoms with E-state index in [0.717, 1.165) is 42.9 Å². The van der Waals surface area contributed by atoms with Gasteiger partial charge in [-0.3, -0.25) is 0 Å². The SMILES string of the molecule is NCC1(CNCc2ccc3[nH]c(=O)[nH]c3c2)COC1. The predicted octanol–water partition coefficient (Wildman–Crippen LogP) is -0.0789. The molecule has 6 heteroatoms. The minimum Gasteiger partial charge on any atom is -0.380 e. The molecule has 0 spiro atoms. The van der Waals surface area contributed by atoms with Crippen molar-refractivity contribution in [2.45, 2.75) is 6.54 Å². The molecule has 0 atom stereocenters. The largest absolute Gasteiger partial charge is 0.380 e. The molecule has 1 fully saturated rings. The van der Waals surface area contributed by atoms with Crippen LogP contribution in [0.25, 0.3) is 11.0 Å². The number of imidazole rings is 1. The molecule has 6 nitrogen and oxygen atoms in total. The highest BCUT2D eigenvalue weighted by Gasteiger charge is 2.36. The fourth-order valence-corrected chi connectivity index (χ4v) is 2.34. The Bertz CT molecular complexity index is 621. The van der Waals surface area contributed by atoms with E-state index in [1.54, 1.807) is 0 Å². The van der Waals surface area contributed by atoms with Gasteiger partial charge in [-0.25, -0.2) is 4.79 Å². The van der Waals surface area contributed by atoms with Crippen molar-refractivity contribution in [3.63, 3.8) is 0 Å². The summed E-state index contributed by atoms with van der Waals surface area (Å²) in [5, 5.41) is 3.40. The summed E-state index contributed by atoms with van der Waals surface area (Å²) in [6, 6.07) is 5.90. The highest BCUT2D eigenvalue weighted by Crippen LogP contribution is 2.24. The zero-order chi connectivity index (χ0) is 13.3. The number of benzene rings is 1. The number of nitrogens with two attached hydrogens (primary N) is 1. The smallest absolute Gasteiger partial charge is 0.323 e. The third kappa shape index (κ3) is 2.42. The van der Waals surface area contributed by atoms with Crippen molar-refractivity contribution in [2.24, 2.45) is 11.1 Å². The van der Waals surface area contributed by atoms with Crippen LogP contribution >= 0.6 is 0 Å². The van der Waals surface area contributed by atoms with Crippen LogP contribution in [0.4, 0.5) is 0 Å². The van der Waals surface area contributed by atoms with E-state index in [2.05, 4.69) is 15.3 Å². The van der Waals surface area contributed by atoms with E-state index < -0.39 is 0 Å². The van der Waals surface area contributed by atoms with Crippen molar-refractivity contribution < 1.29 is 4.74 Å². The summed E-state index contributed by atoms with van der Waals surface area (Å²) in [6.07, 6.45) is 0. The molecule has 2 heterocycles. The molecule has 1 aliphatic heterocycles. The van der Waals surface area contributed by atoms with E-state index in [1.807, 2.05) is 18.2 Å². The Morgan fingerprint density at radius 3 is 2.79 bits per heavy atom. The van der Waals surface area contributed by atoms with Gasteiger partial charge in [-0.05, 0) is 17.7 Å². The van der Waals surface area contributed by atoms with E-state index in [4.69, 9.17) is 10.5 Å². The zero-order valence-corrected chi connectivity index (χ0v) is 10.7. The Morgan fingerprint density at radius 1 is 1.32 bits per heavy atom. The summed E-state index contributed by atoms with van der Waals surface area (Å²) in [4.78, 5) is 16.7. The lowest BCUT2D eigenvalue weighted by molar-refractivity contribution is -0.105. The monoisotopic (exact) mass is 262 g/mol. The number of fused-ring (bicyclic) bond motifs is 1. The first-order valence-electron chi connectivity index (χ1n) is 6.40. The van der Waals surface area contributed by atoms with Gasteiger partial charge in [-0.1, -0.05) is 6.07 Å². The number of hydrogen-bond donors (Lipinski definition) is 4. The molecule has 0 amide bonds. The molecule has 0 aliphatic carbocycles. The Hall–Kier alpha value is -1.63. The predicted molar refractivity (Wildman–Crippen MR) is 72.9 cm³/mol. The van der Waals surface area contributed by atoms with Crippen LogP contribution in [0.5, 0.6) is 0 Å². The maximum Gasteiger partial charge on any atom is 0.323 e.